The van der Waals surface area contributed by atoms with Gasteiger partial charge in [-0.15, -0.1) is 11.3 Å². The van der Waals surface area contributed by atoms with Crippen molar-refractivity contribution in [2.24, 2.45) is 0 Å². The summed E-state index contributed by atoms with van der Waals surface area (Å²) in [4.78, 5) is 26.9. The van der Waals surface area contributed by atoms with Crippen LogP contribution in [0.5, 0.6) is 0 Å². The zero-order valence-electron chi connectivity index (χ0n) is 11.3. The number of carbonyl (C=O) groups is 2. The molecule has 0 aliphatic heterocycles. The Labute approximate surface area is 112 Å². The Morgan fingerprint density at radius 2 is 2.06 bits per heavy atom. The number of rotatable bonds is 5. The highest BCUT2D eigenvalue weighted by Gasteiger charge is 2.20. The van der Waals surface area contributed by atoms with Crippen LogP contribution in [0.1, 0.15) is 34.0 Å². The predicted molar refractivity (Wildman–Crippen MR) is 72.0 cm³/mol. The Morgan fingerprint density at radius 3 is 2.50 bits per heavy atom. The van der Waals surface area contributed by atoms with Gasteiger partial charge in [0.1, 0.15) is 6.54 Å². The van der Waals surface area contributed by atoms with Gasteiger partial charge < -0.3 is 9.64 Å². The van der Waals surface area contributed by atoms with Gasteiger partial charge in [0.05, 0.1) is 12.0 Å². The van der Waals surface area contributed by atoms with Gasteiger partial charge in [-0.05, 0) is 31.9 Å². The standard InChI is InChI=1S/C13H19NO3S/c1-5-10-9(3)7-11(18-10)13(16)14(6-2)8-12(15)17-4/h7H,5-6,8H2,1-4H3. The van der Waals surface area contributed by atoms with Crippen molar-refractivity contribution in [2.75, 3.05) is 20.2 Å². The fourth-order valence-electron chi connectivity index (χ4n) is 1.68. The molecule has 1 aromatic rings. The third-order valence-electron chi connectivity index (χ3n) is 2.77. The van der Waals surface area contributed by atoms with Crippen LogP contribution in [0, 0.1) is 6.92 Å². The molecule has 0 aromatic carbocycles. The van der Waals surface area contributed by atoms with Crippen LogP contribution in [0.2, 0.25) is 0 Å². The Bertz CT molecular complexity index is 439. The molecule has 1 heterocycles. The molecule has 0 saturated heterocycles. The molecule has 1 rings (SSSR count). The van der Waals surface area contributed by atoms with Crippen LogP contribution in [0.15, 0.2) is 6.07 Å². The van der Waals surface area contributed by atoms with E-state index in [4.69, 9.17) is 0 Å². The molecule has 4 nitrogen and oxygen atoms in total. The first-order valence-electron chi connectivity index (χ1n) is 5.98. The SMILES string of the molecule is CCc1sc(C(=O)N(CC)CC(=O)OC)cc1C. The number of thiophene rings is 1. The minimum absolute atomic E-state index is 0.00421. The van der Waals surface area contributed by atoms with Crippen molar-refractivity contribution in [1.82, 2.24) is 4.90 Å². The van der Waals surface area contributed by atoms with Crippen LogP contribution in [0.25, 0.3) is 0 Å². The molecular weight excluding hydrogens is 250 g/mol. The van der Waals surface area contributed by atoms with E-state index in [0.29, 0.717) is 11.4 Å². The molecule has 18 heavy (non-hydrogen) atoms. The van der Waals surface area contributed by atoms with Gasteiger partial charge >= 0.3 is 5.97 Å². The highest BCUT2D eigenvalue weighted by molar-refractivity contribution is 7.14. The van der Waals surface area contributed by atoms with Gasteiger partial charge in [0.25, 0.3) is 5.91 Å². The van der Waals surface area contributed by atoms with Crippen molar-refractivity contribution in [2.45, 2.75) is 27.2 Å². The van der Waals surface area contributed by atoms with E-state index in [-0.39, 0.29) is 12.5 Å². The Hall–Kier alpha value is -1.36. The van der Waals surface area contributed by atoms with Gasteiger partial charge in [-0.1, -0.05) is 6.92 Å². The summed E-state index contributed by atoms with van der Waals surface area (Å²) in [6, 6.07) is 1.89. The van der Waals surface area contributed by atoms with Crippen LogP contribution < -0.4 is 0 Å². The number of carbonyl (C=O) groups excluding carboxylic acids is 2. The highest BCUT2D eigenvalue weighted by Crippen LogP contribution is 2.23. The van der Waals surface area contributed by atoms with Gasteiger partial charge in [0.15, 0.2) is 0 Å². The number of likely N-dealkylation sites (N-methyl/N-ethyl adjacent to an activating group) is 1. The lowest BCUT2D eigenvalue weighted by molar-refractivity contribution is -0.141. The van der Waals surface area contributed by atoms with Crippen molar-refractivity contribution in [3.63, 3.8) is 0 Å². The van der Waals surface area contributed by atoms with Crippen LogP contribution in [0.3, 0.4) is 0 Å². The molecule has 0 aliphatic carbocycles. The third kappa shape index (κ3) is 3.32. The van der Waals surface area contributed by atoms with Gasteiger partial charge in [0, 0.05) is 11.4 Å². The Kier molecular flexibility index (Phi) is 5.34. The number of nitrogens with zero attached hydrogens (tertiary/aromatic N) is 1. The van der Waals surface area contributed by atoms with Crippen LogP contribution in [-0.4, -0.2) is 37.0 Å². The number of methoxy groups -OCH3 is 1. The fraction of sp³-hybridized carbons (Fsp3) is 0.538. The monoisotopic (exact) mass is 269 g/mol. The van der Waals surface area contributed by atoms with Crippen molar-refractivity contribution in [1.29, 1.82) is 0 Å². The summed E-state index contributed by atoms with van der Waals surface area (Å²) in [5.74, 6) is -0.495. The quantitative estimate of drug-likeness (QED) is 0.770. The molecule has 0 aliphatic rings. The van der Waals surface area contributed by atoms with E-state index in [0.717, 1.165) is 12.0 Å². The third-order valence-corrected chi connectivity index (χ3v) is 4.14. The fourth-order valence-corrected chi connectivity index (χ4v) is 2.76. The summed E-state index contributed by atoms with van der Waals surface area (Å²) < 4.78 is 4.59. The van der Waals surface area contributed by atoms with Crippen molar-refractivity contribution in [3.8, 4) is 0 Å². The molecule has 0 atom stereocenters. The molecule has 1 aromatic heterocycles. The number of esters is 1. The minimum Gasteiger partial charge on any atom is -0.468 e. The van der Waals surface area contributed by atoms with Crippen LogP contribution >= 0.6 is 11.3 Å². The van der Waals surface area contributed by atoms with E-state index in [1.54, 1.807) is 0 Å². The molecule has 0 unspecified atom stereocenters. The lowest BCUT2D eigenvalue weighted by Crippen LogP contribution is -2.35. The van der Waals surface area contributed by atoms with E-state index < -0.39 is 5.97 Å². The van der Waals surface area contributed by atoms with Crippen molar-refractivity contribution >= 4 is 23.2 Å². The van der Waals surface area contributed by atoms with E-state index >= 15 is 0 Å². The largest absolute Gasteiger partial charge is 0.468 e. The van der Waals surface area contributed by atoms with Gasteiger partial charge in [-0.2, -0.15) is 0 Å². The van der Waals surface area contributed by atoms with E-state index in [1.165, 1.54) is 28.2 Å². The minimum atomic E-state index is -0.394. The molecule has 5 heteroatoms. The first-order chi connectivity index (χ1) is 8.53. The average molecular weight is 269 g/mol. The van der Waals surface area contributed by atoms with Crippen molar-refractivity contribution in [3.05, 3.63) is 21.4 Å². The normalized spacial score (nSPS) is 10.2. The van der Waals surface area contributed by atoms with E-state index in [1.807, 2.05) is 19.9 Å². The summed E-state index contributed by atoms with van der Waals surface area (Å²) in [7, 11) is 1.32. The first kappa shape index (κ1) is 14.7. The summed E-state index contributed by atoms with van der Waals surface area (Å²) in [5.41, 5.74) is 1.14. The van der Waals surface area contributed by atoms with Gasteiger partial charge in [0.2, 0.25) is 0 Å². The van der Waals surface area contributed by atoms with E-state index in [9.17, 15) is 9.59 Å². The maximum absolute atomic E-state index is 12.2. The highest BCUT2D eigenvalue weighted by atomic mass is 32.1. The molecule has 0 radical (unpaired) electrons. The molecule has 0 bridgehead atoms. The maximum atomic E-state index is 12.2. The molecule has 1 amide bonds. The number of hydrogen-bond acceptors (Lipinski definition) is 4. The lowest BCUT2D eigenvalue weighted by atomic mass is 10.2. The summed E-state index contributed by atoms with van der Waals surface area (Å²) in [6.07, 6.45) is 0.924. The summed E-state index contributed by atoms with van der Waals surface area (Å²) in [6.45, 7) is 6.42. The summed E-state index contributed by atoms with van der Waals surface area (Å²) >= 11 is 1.50. The van der Waals surface area contributed by atoms with Crippen LogP contribution in [-0.2, 0) is 16.0 Å². The molecule has 100 valence electrons. The molecule has 0 saturated carbocycles. The second kappa shape index (κ2) is 6.54. The Balaban J connectivity index is 2.85. The number of amides is 1. The Morgan fingerprint density at radius 1 is 1.39 bits per heavy atom. The molecule has 0 spiro atoms. The second-order valence-corrected chi connectivity index (χ2v) is 5.10. The number of hydrogen-bond donors (Lipinski definition) is 0. The zero-order valence-corrected chi connectivity index (χ0v) is 12.1. The van der Waals surface area contributed by atoms with Gasteiger partial charge in [-0.25, -0.2) is 0 Å². The second-order valence-electron chi connectivity index (χ2n) is 3.97. The molecular formula is C13H19NO3S. The van der Waals surface area contributed by atoms with Gasteiger partial charge in [-0.3, -0.25) is 9.59 Å². The molecule has 0 fully saturated rings. The molecule has 0 N–H and O–H groups in total. The predicted octanol–water partition coefficient (Wildman–Crippen LogP) is 2.25. The van der Waals surface area contributed by atoms with Crippen LogP contribution in [0.4, 0.5) is 0 Å². The van der Waals surface area contributed by atoms with E-state index in [2.05, 4.69) is 11.7 Å². The number of aryl methyl sites for hydroxylation is 2. The van der Waals surface area contributed by atoms with Crippen molar-refractivity contribution < 1.29 is 14.3 Å². The smallest absolute Gasteiger partial charge is 0.325 e. The zero-order chi connectivity index (χ0) is 13.7. The number of ether oxygens (including phenoxy) is 1. The maximum Gasteiger partial charge on any atom is 0.325 e. The lowest BCUT2D eigenvalue weighted by Gasteiger charge is -2.18. The first-order valence-corrected chi connectivity index (χ1v) is 6.80. The average Bonchev–Trinajstić information content (AvgIpc) is 2.76. The summed E-state index contributed by atoms with van der Waals surface area (Å²) in [5, 5.41) is 0. The topological polar surface area (TPSA) is 46.6 Å².